The average molecular weight is 209 g/mol. The Labute approximate surface area is 83.9 Å². The zero-order valence-corrected chi connectivity index (χ0v) is 8.21. The molecule has 14 heavy (non-hydrogen) atoms. The molecule has 0 spiro atoms. The number of thiophene rings is 1. The lowest BCUT2D eigenvalue weighted by Gasteiger charge is -1.89. The van der Waals surface area contributed by atoms with Gasteiger partial charge in [0, 0.05) is 22.2 Å². The molecule has 0 N–H and O–H groups in total. The van der Waals surface area contributed by atoms with Crippen LogP contribution in [-0.4, -0.2) is 12.0 Å². The Hall–Kier alpha value is -1.62. The summed E-state index contributed by atoms with van der Waals surface area (Å²) in [4.78, 5) is 10.1. The van der Waals surface area contributed by atoms with Crippen molar-refractivity contribution in [1.82, 2.24) is 0 Å². The van der Waals surface area contributed by atoms with Crippen molar-refractivity contribution in [1.29, 1.82) is 0 Å². The number of benzene rings is 1. The number of nitro benzene ring substituents is 1. The molecule has 0 saturated heterocycles. The third-order valence-electron chi connectivity index (χ3n) is 1.89. The van der Waals surface area contributed by atoms with E-state index < -0.39 is 4.92 Å². The molecule has 0 saturated carbocycles. The fourth-order valence-corrected chi connectivity index (χ4v) is 2.08. The number of ether oxygens (including phenoxy) is 1. The third-order valence-corrected chi connectivity index (χ3v) is 2.97. The molecule has 0 bridgehead atoms. The van der Waals surface area contributed by atoms with Gasteiger partial charge in [-0.05, 0) is 12.1 Å². The molecular formula is C9H7NO3S. The Morgan fingerprint density at radius 2 is 2.21 bits per heavy atom. The van der Waals surface area contributed by atoms with Crippen molar-refractivity contribution in [3.63, 3.8) is 0 Å². The number of hydrogen-bond acceptors (Lipinski definition) is 4. The molecule has 4 nitrogen and oxygen atoms in total. The van der Waals surface area contributed by atoms with Crippen LogP contribution in [0.4, 0.5) is 5.69 Å². The quantitative estimate of drug-likeness (QED) is 0.564. The Bertz CT molecular complexity index is 492. The van der Waals surface area contributed by atoms with E-state index in [0.29, 0.717) is 0 Å². The van der Waals surface area contributed by atoms with Crippen molar-refractivity contribution in [2.45, 2.75) is 0 Å². The first-order valence-corrected chi connectivity index (χ1v) is 4.74. The molecule has 1 aromatic carbocycles. The maximum Gasteiger partial charge on any atom is 0.270 e. The summed E-state index contributed by atoms with van der Waals surface area (Å²) in [5.74, 6) is 0. The maximum absolute atomic E-state index is 10.5. The highest BCUT2D eigenvalue weighted by Gasteiger charge is 2.08. The fraction of sp³-hybridized carbons (Fsp3) is 0.111. The van der Waals surface area contributed by atoms with E-state index in [0.717, 1.165) is 15.1 Å². The molecule has 0 aliphatic rings. The van der Waals surface area contributed by atoms with E-state index in [1.807, 2.05) is 0 Å². The minimum absolute atomic E-state index is 0.109. The van der Waals surface area contributed by atoms with Crippen LogP contribution in [0.15, 0.2) is 24.3 Å². The molecule has 0 aliphatic carbocycles. The molecule has 0 aliphatic heterocycles. The standard InChI is InChI=1S/C9H7NO3S/c1-13-9-5-6-4-7(10(11)12)2-3-8(6)14-9/h2-5H,1H3. The molecule has 2 aromatic rings. The summed E-state index contributed by atoms with van der Waals surface area (Å²) < 4.78 is 6.04. The number of rotatable bonds is 2. The highest BCUT2D eigenvalue weighted by Crippen LogP contribution is 2.33. The van der Waals surface area contributed by atoms with Gasteiger partial charge in [0.1, 0.15) is 0 Å². The summed E-state index contributed by atoms with van der Waals surface area (Å²) in [6.07, 6.45) is 0. The van der Waals surface area contributed by atoms with Crippen LogP contribution in [0.2, 0.25) is 0 Å². The largest absolute Gasteiger partial charge is 0.487 e. The molecule has 72 valence electrons. The molecule has 0 atom stereocenters. The number of nitro groups is 1. The summed E-state index contributed by atoms with van der Waals surface area (Å²) in [7, 11) is 1.58. The van der Waals surface area contributed by atoms with E-state index in [2.05, 4.69) is 0 Å². The fourth-order valence-electron chi connectivity index (χ4n) is 1.22. The Morgan fingerprint density at radius 1 is 1.43 bits per heavy atom. The highest BCUT2D eigenvalue weighted by molar-refractivity contribution is 7.20. The lowest BCUT2D eigenvalue weighted by atomic mass is 10.2. The van der Waals surface area contributed by atoms with Crippen molar-refractivity contribution in [3.05, 3.63) is 34.4 Å². The zero-order valence-electron chi connectivity index (χ0n) is 7.39. The third kappa shape index (κ3) is 1.42. The first-order valence-electron chi connectivity index (χ1n) is 3.92. The molecule has 0 unspecified atom stereocenters. The summed E-state index contributed by atoms with van der Waals surface area (Å²) >= 11 is 1.47. The summed E-state index contributed by atoms with van der Waals surface area (Å²) in [6.45, 7) is 0. The lowest BCUT2D eigenvalue weighted by molar-refractivity contribution is -0.384. The first-order chi connectivity index (χ1) is 6.70. The molecule has 1 aromatic heterocycles. The second kappa shape index (κ2) is 3.26. The monoisotopic (exact) mass is 209 g/mol. The normalized spacial score (nSPS) is 10.4. The van der Waals surface area contributed by atoms with E-state index in [-0.39, 0.29) is 5.69 Å². The van der Waals surface area contributed by atoms with Crippen LogP contribution in [0.1, 0.15) is 0 Å². The van der Waals surface area contributed by atoms with Crippen LogP contribution >= 0.6 is 11.3 Å². The van der Waals surface area contributed by atoms with Gasteiger partial charge in [-0.1, -0.05) is 11.3 Å². The first kappa shape index (κ1) is 8.96. The van der Waals surface area contributed by atoms with Crippen LogP contribution < -0.4 is 4.74 Å². The van der Waals surface area contributed by atoms with E-state index in [1.54, 1.807) is 25.3 Å². The molecule has 0 fully saturated rings. The summed E-state index contributed by atoms with van der Waals surface area (Å²) in [5.41, 5.74) is 0.109. The van der Waals surface area contributed by atoms with Gasteiger partial charge in [-0.2, -0.15) is 0 Å². The van der Waals surface area contributed by atoms with Gasteiger partial charge in [0.05, 0.1) is 12.0 Å². The van der Waals surface area contributed by atoms with Gasteiger partial charge in [0.15, 0.2) is 5.06 Å². The second-order valence-electron chi connectivity index (χ2n) is 2.75. The van der Waals surface area contributed by atoms with Crippen LogP contribution in [-0.2, 0) is 0 Å². The topological polar surface area (TPSA) is 52.4 Å². The Morgan fingerprint density at radius 3 is 2.86 bits per heavy atom. The van der Waals surface area contributed by atoms with Crippen molar-refractivity contribution in [2.24, 2.45) is 0 Å². The maximum atomic E-state index is 10.5. The molecular weight excluding hydrogens is 202 g/mol. The predicted molar refractivity (Wildman–Crippen MR) is 55.0 cm³/mol. The number of hydrogen-bond donors (Lipinski definition) is 0. The number of nitrogens with zero attached hydrogens (tertiary/aromatic N) is 1. The predicted octanol–water partition coefficient (Wildman–Crippen LogP) is 2.82. The van der Waals surface area contributed by atoms with Gasteiger partial charge < -0.3 is 4.74 Å². The van der Waals surface area contributed by atoms with Gasteiger partial charge >= 0.3 is 0 Å². The number of methoxy groups -OCH3 is 1. The Balaban J connectivity index is 2.59. The molecule has 5 heteroatoms. The van der Waals surface area contributed by atoms with Gasteiger partial charge in [0.2, 0.25) is 0 Å². The van der Waals surface area contributed by atoms with E-state index in [9.17, 15) is 10.1 Å². The summed E-state index contributed by atoms with van der Waals surface area (Å²) in [6, 6.07) is 6.58. The van der Waals surface area contributed by atoms with E-state index >= 15 is 0 Å². The molecule has 1 heterocycles. The zero-order chi connectivity index (χ0) is 10.1. The number of non-ortho nitro benzene ring substituents is 1. The van der Waals surface area contributed by atoms with Gasteiger partial charge in [-0.25, -0.2) is 0 Å². The Kier molecular flexibility index (Phi) is 2.09. The molecule has 2 rings (SSSR count). The van der Waals surface area contributed by atoms with Crippen molar-refractivity contribution < 1.29 is 9.66 Å². The lowest BCUT2D eigenvalue weighted by Crippen LogP contribution is -1.85. The second-order valence-corrected chi connectivity index (χ2v) is 3.80. The number of fused-ring (bicyclic) bond motifs is 1. The van der Waals surface area contributed by atoms with Crippen LogP contribution in [0.25, 0.3) is 10.1 Å². The SMILES string of the molecule is COc1cc2cc([N+](=O)[O-])ccc2s1. The van der Waals surface area contributed by atoms with Crippen LogP contribution in [0.5, 0.6) is 5.06 Å². The van der Waals surface area contributed by atoms with Crippen molar-refractivity contribution in [3.8, 4) is 5.06 Å². The van der Waals surface area contributed by atoms with E-state index in [1.165, 1.54) is 17.4 Å². The van der Waals surface area contributed by atoms with Crippen molar-refractivity contribution in [2.75, 3.05) is 7.11 Å². The van der Waals surface area contributed by atoms with Crippen LogP contribution in [0, 0.1) is 10.1 Å². The molecule has 0 radical (unpaired) electrons. The average Bonchev–Trinajstić information content (AvgIpc) is 2.58. The minimum atomic E-state index is -0.399. The van der Waals surface area contributed by atoms with E-state index in [4.69, 9.17) is 4.74 Å². The molecule has 0 amide bonds. The van der Waals surface area contributed by atoms with Crippen molar-refractivity contribution >= 4 is 27.1 Å². The van der Waals surface area contributed by atoms with Gasteiger partial charge in [-0.3, -0.25) is 10.1 Å². The minimum Gasteiger partial charge on any atom is -0.487 e. The highest BCUT2D eigenvalue weighted by atomic mass is 32.1. The summed E-state index contributed by atoms with van der Waals surface area (Å²) in [5, 5.41) is 12.1. The van der Waals surface area contributed by atoms with Gasteiger partial charge in [0.25, 0.3) is 5.69 Å². The van der Waals surface area contributed by atoms with Gasteiger partial charge in [-0.15, -0.1) is 0 Å². The van der Waals surface area contributed by atoms with Crippen LogP contribution in [0.3, 0.4) is 0 Å². The smallest absolute Gasteiger partial charge is 0.270 e.